The number of halogens is 2. The van der Waals surface area contributed by atoms with Gasteiger partial charge < -0.3 is 19.9 Å². The largest absolute Gasteiger partial charge is 0.438 e. The van der Waals surface area contributed by atoms with Gasteiger partial charge >= 0.3 is 0 Å². The molecule has 1 saturated heterocycles. The second kappa shape index (κ2) is 9.95. The predicted molar refractivity (Wildman–Crippen MR) is 134 cm³/mol. The lowest BCUT2D eigenvalue weighted by atomic mass is 10.2. The van der Waals surface area contributed by atoms with Gasteiger partial charge in [0.1, 0.15) is 11.6 Å². The number of benzene rings is 2. The van der Waals surface area contributed by atoms with Crippen molar-refractivity contribution < 1.29 is 17.9 Å². The van der Waals surface area contributed by atoms with E-state index in [0.29, 0.717) is 16.8 Å². The minimum atomic E-state index is -0.536. The highest BCUT2D eigenvalue weighted by molar-refractivity contribution is 7.92. The minimum absolute atomic E-state index is 0.0451. The maximum atomic E-state index is 15.0. The van der Waals surface area contributed by atoms with E-state index in [-0.39, 0.29) is 47.1 Å². The summed E-state index contributed by atoms with van der Waals surface area (Å²) in [4.78, 5) is 23.5. The molecule has 5 rings (SSSR count). The molecule has 10 nitrogen and oxygen atoms in total. The van der Waals surface area contributed by atoms with Crippen molar-refractivity contribution in [1.82, 2.24) is 18.8 Å². The van der Waals surface area contributed by atoms with Crippen LogP contribution in [0.3, 0.4) is 0 Å². The highest BCUT2D eigenvalue weighted by Gasteiger charge is 2.19. The number of likely N-dealkylation sites (N-methyl/N-ethyl adjacent to an activating group) is 1. The molecule has 36 heavy (non-hydrogen) atoms. The number of piperazine rings is 1. The molecule has 0 aliphatic carbocycles. The number of hydrogen-bond acceptors (Lipinski definition) is 9. The Morgan fingerprint density at radius 2 is 1.92 bits per heavy atom. The van der Waals surface area contributed by atoms with E-state index >= 15 is 0 Å². The van der Waals surface area contributed by atoms with Gasteiger partial charge in [0.05, 0.1) is 22.1 Å². The highest BCUT2D eigenvalue weighted by atomic mass is 32.2. The van der Waals surface area contributed by atoms with Gasteiger partial charge in [-0.1, -0.05) is 6.07 Å². The molecular weight excluding hydrogens is 492 g/mol. The summed E-state index contributed by atoms with van der Waals surface area (Å²) in [7, 11) is 2.03. The Morgan fingerprint density at radius 3 is 2.64 bits per heavy atom. The zero-order valence-electron chi connectivity index (χ0n) is 19.1. The van der Waals surface area contributed by atoms with Crippen LogP contribution < -0.4 is 15.0 Å². The Bertz CT molecular complexity index is 1430. The molecule has 2 aromatic heterocycles. The van der Waals surface area contributed by atoms with Gasteiger partial charge in [-0.05, 0) is 37.4 Å². The summed E-state index contributed by atoms with van der Waals surface area (Å²) in [6.07, 6.45) is 1.46. The molecule has 1 N–H and O–H groups in total. The van der Waals surface area contributed by atoms with Gasteiger partial charge in [-0.15, -0.1) is 3.89 Å². The zero-order chi connectivity index (χ0) is 25.2. The number of non-ortho nitro benzene ring substituents is 1. The van der Waals surface area contributed by atoms with Gasteiger partial charge in [0, 0.05) is 44.1 Å². The second-order valence-corrected chi connectivity index (χ2v) is 8.77. The maximum Gasteiger partial charge on any atom is 0.273 e. The molecule has 4 aromatic rings. The van der Waals surface area contributed by atoms with Gasteiger partial charge in [0.2, 0.25) is 11.8 Å². The number of nitrogens with one attached hydrogen (secondary N) is 1. The molecule has 0 amide bonds. The smallest absolute Gasteiger partial charge is 0.273 e. The summed E-state index contributed by atoms with van der Waals surface area (Å²) >= 11 is -0.0535. The summed E-state index contributed by atoms with van der Waals surface area (Å²) in [6, 6.07) is 12.0. The number of fused-ring (bicyclic) bond motifs is 1. The SMILES string of the molecule is CN1CCN(c2ccc(Nc3nc(Oc4cccc([N+](=O)[O-])c4)c4ccn(SF)c4n3)cc2F)CC1. The molecule has 0 atom stereocenters. The van der Waals surface area contributed by atoms with E-state index in [4.69, 9.17) is 4.74 Å². The third kappa shape index (κ3) is 4.88. The van der Waals surface area contributed by atoms with E-state index in [2.05, 4.69) is 20.2 Å². The zero-order valence-corrected chi connectivity index (χ0v) is 19.9. The van der Waals surface area contributed by atoms with Crippen molar-refractivity contribution in [1.29, 1.82) is 0 Å². The second-order valence-electron chi connectivity index (χ2n) is 8.24. The third-order valence-electron chi connectivity index (χ3n) is 5.84. The molecule has 1 aliphatic heterocycles. The van der Waals surface area contributed by atoms with Gasteiger partial charge in [0.15, 0.2) is 18.0 Å². The highest BCUT2D eigenvalue weighted by Crippen LogP contribution is 2.33. The van der Waals surface area contributed by atoms with Crippen molar-refractivity contribution in [2.45, 2.75) is 0 Å². The molecule has 1 fully saturated rings. The monoisotopic (exact) mass is 513 g/mol. The Morgan fingerprint density at radius 1 is 1.11 bits per heavy atom. The van der Waals surface area contributed by atoms with Crippen LogP contribution in [-0.2, 0) is 0 Å². The van der Waals surface area contributed by atoms with Gasteiger partial charge in [-0.3, -0.25) is 10.1 Å². The van der Waals surface area contributed by atoms with Gasteiger partial charge in [-0.25, -0.2) is 8.36 Å². The number of hydrogen-bond donors (Lipinski definition) is 1. The predicted octanol–water partition coefficient (Wildman–Crippen LogP) is 5.15. The van der Waals surface area contributed by atoms with Crippen molar-refractivity contribution in [3.8, 4) is 11.6 Å². The molecule has 3 heterocycles. The van der Waals surface area contributed by atoms with Crippen molar-refractivity contribution >= 4 is 46.4 Å². The lowest BCUT2D eigenvalue weighted by molar-refractivity contribution is -0.384. The number of nitrogens with zero attached hydrogens (tertiary/aromatic N) is 6. The first kappa shape index (κ1) is 23.8. The number of anilines is 3. The van der Waals surface area contributed by atoms with Crippen LogP contribution in [0.1, 0.15) is 0 Å². The van der Waals surface area contributed by atoms with E-state index in [0.717, 1.165) is 26.2 Å². The van der Waals surface area contributed by atoms with E-state index in [9.17, 15) is 18.4 Å². The molecule has 2 aromatic carbocycles. The molecule has 0 spiro atoms. The average Bonchev–Trinajstić information content (AvgIpc) is 3.28. The first-order chi connectivity index (χ1) is 17.4. The standard InChI is InChI=1S/C23H21F2N7O3S/c1-29-9-11-30(12-10-29)20-6-5-15(13-19(20)24)26-23-27-21-18(7-8-31(21)36-25)22(28-23)35-17-4-2-3-16(14-17)32(33)34/h2-8,13-14H,9-12H2,1H3,(H,26,27,28). The van der Waals surface area contributed by atoms with Crippen molar-refractivity contribution in [3.05, 3.63) is 70.7 Å². The van der Waals surface area contributed by atoms with Crippen LogP contribution in [0, 0.1) is 15.9 Å². The number of nitro groups is 1. The van der Waals surface area contributed by atoms with E-state index in [1.807, 2.05) is 11.9 Å². The van der Waals surface area contributed by atoms with Crippen molar-refractivity contribution in [2.24, 2.45) is 0 Å². The Hall–Kier alpha value is -3.97. The molecule has 0 radical (unpaired) electrons. The maximum absolute atomic E-state index is 15.0. The lowest BCUT2D eigenvalue weighted by Gasteiger charge is -2.34. The first-order valence-corrected chi connectivity index (χ1v) is 11.7. The van der Waals surface area contributed by atoms with Crippen LogP contribution in [0.2, 0.25) is 0 Å². The van der Waals surface area contributed by atoms with Crippen molar-refractivity contribution in [2.75, 3.05) is 43.4 Å². The molecule has 0 bridgehead atoms. The fourth-order valence-electron chi connectivity index (χ4n) is 3.94. The number of rotatable bonds is 7. The fraction of sp³-hybridized carbons (Fsp3) is 0.217. The van der Waals surface area contributed by atoms with Crippen LogP contribution in [0.4, 0.5) is 31.3 Å². The van der Waals surface area contributed by atoms with Crippen molar-refractivity contribution in [3.63, 3.8) is 0 Å². The number of aromatic nitrogens is 3. The molecule has 186 valence electrons. The summed E-state index contributed by atoms with van der Waals surface area (Å²) in [6.45, 7) is 3.17. The summed E-state index contributed by atoms with van der Waals surface area (Å²) < 4.78 is 35.4. The fourth-order valence-corrected chi connectivity index (χ4v) is 4.25. The average molecular weight is 514 g/mol. The van der Waals surface area contributed by atoms with Gasteiger partial charge in [-0.2, -0.15) is 9.97 Å². The molecule has 0 unspecified atom stereocenters. The Labute approximate surface area is 209 Å². The van der Waals surface area contributed by atoms with Crippen LogP contribution >= 0.6 is 12.3 Å². The van der Waals surface area contributed by atoms with Crippen LogP contribution in [-0.4, -0.2) is 57.0 Å². The first-order valence-electron chi connectivity index (χ1n) is 11.0. The normalized spacial score (nSPS) is 14.2. The molecule has 13 heteroatoms. The number of nitro benzene ring substituents is 1. The summed E-state index contributed by atoms with van der Waals surface area (Å²) in [5.74, 6) is -0.103. The van der Waals surface area contributed by atoms with Crippen LogP contribution in [0.15, 0.2) is 54.7 Å². The molecular formula is C23H21F2N7O3S. The Kier molecular flexibility index (Phi) is 6.57. The van der Waals surface area contributed by atoms with Crippen LogP contribution in [0.25, 0.3) is 11.0 Å². The minimum Gasteiger partial charge on any atom is -0.438 e. The quantitative estimate of drug-likeness (QED) is 0.266. The molecule has 1 aliphatic rings. The Balaban J connectivity index is 1.45. The van der Waals surface area contributed by atoms with Crippen LogP contribution in [0.5, 0.6) is 11.6 Å². The van der Waals surface area contributed by atoms with Gasteiger partial charge in [0.25, 0.3) is 5.69 Å². The lowest BCUT2D eigenvalue weighted by Crippen LogP contribution is -2.44. The third-order valence-corrected chi connectivity index (χ3v) is 6.28. The number of ether oxygens (including phenoxy) is 1. The van der Waals surface area contributed by atoms with E-state index < -0.39 is 4.92 Å². The van der Waals surface area contributed by atoms with E-state index in [1.165, 1.54) is 34.4 Å². The summed E-state index contributed by atoms with van der Waals surface area (Å²) in [5.41, 5.74) is 0.985. The topological polar surface area (TPSA) is 102 Å². The van der Waals surface area contributed by atoms with E-state index in [1.54, 1.807) is 24.3 Å². The summed E-state index contributed by atoms with van der Waals surface area (Å²) in [5, 5.41) is 14.5. The molecule has 0 saturated carbocycles.